The first kappa shape index (κ1) is 16.4. The van der Waals surface area contributed by atoms with Gasteiger partial charge in [0.05, 0.1) is 6.54 Å². The molecule has 1 aliphatic rings. The summed E-state index contributed by atoms with van der Waals surface area (Å²) in [7, 11) is 0. The number of anilines is 1. The first-order valence-corrected chi connectivity index (χ1v) is 8.66. The molecule has 0 atom stereocenters. The van der Waals surface area contributed by atoms with Crippen molar-refractivity contribution in [1.29, 1.82) is 0 Å². The van der Waals surface area contributed by atoms with Crippen molar-refractivity contribution in [3.8, 4) is 11.4 Å². The number of nitrogens with one attached hydrogen (secondary N) is 1. The van der Waals surface area contributed by atoms with Crippen LogP contribution in [0.2, 0.25) is 0 Å². The molecule has 126 valence electrons. The summed E-state index contributed by atoms with van der Waals surface area (Å²) in [6, 6.07) is 6.86. The van der Waals surface area contributed by atoms with Crippen molar-refractivity contribution in [2.75, 3.05) is 25.0 Å². The lowest BCUT2D eigenvalue weighted by Crippen LogP contribution is -2.39. The van der Waals surface area contributed by atoms with E-state index in [1.54, 1.807) is 18.2 Å². The monoisotopic (exact) mass is 345 g/mol. The van der Waals surface area contributed by atoms with Crippen molar-refractivity contribution < 1.29 is 9.59 Å². The van der Waals surface area contributed by atoms with Crippen molar-refractivity contribution in [1.82, 2.24) is 14.3 Å². The minimum absolute atomic E-state index is 0.0853. The summed E-state index contributed by atoms with van der Waals surface area (Å²) in [5.41, 5.74) is 6.42. The van der Waals surface area contributed by atoms with Gasteiger partial charge in [0.25, 0.3) is 0 Å². The third kappa shape index (κ3) is 3.88. The lowest BCUT2D eigenvalue weighted by Gasteiger charge is -2.26. The molecular weight excluding hydrogens is 326 g/mol. The Balaban J connectivity index is 1.62. The van der Waals surface area contributed by atoms with Crippen LogP contribution in [0.15, 0.2) is 24.3 Å². The molecule has 2 amide bonds. The van der Waals surface area contributed by atoms with Gasteiger partial charge in [-0.15, -0.1) is 0 Å². The highest BCUT2D eigenvalue weighted by molar-refractivity contribution is 7.09. The standard InChI is InChI=1S/C16H19N5O2S/c17-14(23)11-5-4-6-12(9-11)15-19-16(24-20-15)18-10-13(22)21-7-2-1-3-8-21/h4-6,9H,1-3,7-8,10H2,(H2,17,23)(H,18,19,20). The van der Waals surface area contributed by atoms with Gasteiger partial charge < -0.3 is 16.0 Å². The zero-order valence-electron chi connectivity index (χ0n) is 13.2. The van der Waals surface area contributed by atoms with Gasteiger partial charge in [0.15, 0.2) is 5.82 Å². The van der Waals surface area contributed by atoms with Crippen molar-refractivity contribution in [3.05, 3.63) is 29.8 Å². The van der Waals surface area contributed by atoms with Crippen molar-refractivity contribution in [2.45, 2.75) is 19.3 Å². The zero-order chi connectivity index (χ0) is 16.9. The minimum Gasteiger partial charge on any atom is -0.366 e. The summed E-state index contributed by atoms with van der Waals surface area (Å²) in [5, 5.41) is 3.61. The molecule has 7 nitrogen and oxygen atoms in total. The van der Waals surface area contributed by atoms with Crippen LogP contribution in [-0.4, -0.2) is 45.7 Å². The zero-order valence-corrected chi connectivity index (χ0v) is 14.0. The molecule has 2 aromatic rings. The Morgan fingerprint density at radius 2 is 2.04 bits per heavy atom. The van der Waals surface area contributed by atoms with Gasteiger partial charge in [0, 0.05) is 35.7 Å². The van der Waals surface area contributed by atoms with Crippen LogP contribution in [-0.2, 0) is 4.79 Å². The summed E-state index contributed by atoms with van der Waals surface area (Å²) < 4.78 is 4.27. The number of benzene rings is 1. The van der Waals surface area contributed by atoms with E-state index in [1.807, 2.05) is 11.0 Å². The number of piperidine rings is 1. The van der Waals surface area contributed by atoms with Gasteiger partial charge in [-0.3, -0.25) is 9.59 Å². The maximum Gasteiger partial charge on any atom is 0.248 e. The van der Waals surface area contributed by atoms with Crippen molar-refractivity contribution in [2.24, 2.45) is 5.73 Å². The Morgan fingerprint density at radius 3 is 2.79 bits per heavy atom. The number of carbonyl (C=O) groups is 2. The quantitative estimate of drug-likeness (QED) is 0.859. The molecule has 1 fully saturated rings. The first-order valence-electron chi connectivity index (χ1n) is 7.89. The fraction of sp³-hybridized carbons (Fsp3) is 0.375. The third-order valence-corrected chi connectivity index (χ3v) is 4.60. The molecule has 2 heterocycles. The summed E-state index contributed by atoms with van der Waals surface area (Å²) in [6.07, 6.45) is 3.34. The fourth-order valence-electron chi connectivity index (χ4n) is 2.63. The highest BCUT2D eigenvalue weighted by Crippen LogP contribution is 2.22. The highest BCUT2D eigenvalue weighted by atomic mass is 32.1. The van der Waals surface area contributed by atoms with E-state index < -0.39 is 5.91 Å². The van der Waals surface area contributed by atoms with Gasteiger partial charge in [0.1, 0.15) is 0 Å². The van der Waals surface area contributed by atoms with E-state index >= 15 is 0 Å². The largest absolute Gasteiger partial charge is 0.366 e. The number of nitrogens with zero attached hydrogens (tertiary/aromatic N) is 3. The van der Waals surface area contributed by atoms with Gasteiger partial charge in [0.2, 0.25) is 16.9 Å². The van der Waals surface area contributed by atoms with E-state index in [-0.39, 0.29) is 12.5 Å². The Kier molecular flexibility index (Phi) is 5.05. The lowest BCUT2D eigenvalue weighted by molar-refractivity contribution is -0.130. The maximum absolute atomic E-state index is 12.1. The Morgan fingerprint density at radius 1 is 1.25 bits per heavy atom. The summed E-state index contributed by atoms with van der Waals surface area (Å²) in [5.74, 6) is 0.107. The molecule has 1 saturated heterocycles. The van der Waals surface area contributed by atoms with Gasteiger partial charge in [-0.1, -0.05) is 12.1 Å². The molecule has 1 aliphatic heterocycles. The molecule has 0 unspecified atom stereocenters. The molecular formula is C16H19N5O2S. The van der Waals surface area contributed by atoms with Crippen LogP contribution in [0.1, 0.15) is 29.6 Å². The molecule has 0 radical (unpaired) electrons. The molecule has 3 N–H and O–H groups in total. The van der Waals surface area contributed by atoms with Gasteiger partial charge in [-0.25, -0.2) is 0 Å². The minimum atomic E-state index is -0.488. The van der Waals surface area contributed by atoms with E-state index in [2.05, 4.69) is 14.7 Å². The molecule has 1 aromatic heterocycles. The van der Waals surface area contributed by atoms with Crippen LogP contribution in [0.3, 0.4) is 0 Å². The Bertz CT molecular complexity index is 740. The Labute approximate surface area is 144 Å². The van der Waals surface area contributed by atoms with E-state index in [0.717, 1.165) is 31.5 Å². The number of nitrogens with two attached hydrogens (primary N) is 1. The number of hydrogen-bond acceptors (Lipinski definition) is 6. The second-order valence-electron chi connectivity index (χ2n) is 5.66. The van der Waals surface area contributed by atoms with Crippen LogP contribution >= 0.6 is 11.5 Å². The predicted molar refractivity (Wildman–Crippen MR) is 92.8 cm³/mol. The highest BCUT2D eigenvalue weighted by Gasteiger charge is 2.16. The SMILES string of the molecule is NC(=O)c1cccc(-c2nsc(NCC(=O)N3CCCCC3)n2)c1. The van der Waals surface area contributed by atoms with Gasteiger partial charge in [-0.2, -0.15) is 9.36 Å². The lowest BCUT2D eigenvalue weighted by atomic mass is 10.1. The molecule has 8 heteroatoms. The van der Waals surface area contributed by atoms with E-state index in [0.29, 0.717) is 16.5 Å². The molecule has 0 bridgehead atoms. The summed E-state index contributed by atoms with van der Waals surface area (Å²) >= 11 is 1.19. The smallest absolute Gasteiger partial charge is 0.248 e. The average molecular weight is 345 g/mol. The van der Waals surface area contributed by atoms with E-state index in [4.69, 9.17) is 5.73 Å². The molecule has 1 aromatic carbocycles. The number of carbonyl (C=O) groups excluding carboxylic acids is 2. The summed E-state index contributed by atoms with van der Waals surface area (Å²) in [4.78, 5) is 29.6. The number of amides is 2. The number of hydrogen-bond donors (Lipinski definition) is 2. The van der Waals surface area contributed by atoms with E-state index in [9.17, 15) is 9.59 Å². The van der Waals surface area contributed by atoms with Crippen molar-refractivity contribution >= 4 is 28.5 Å². The first-order chi connectivity index (χ1) is 11.6. The van der Waals surface area contributed by atoms with Crippen molar-refractivity contribution in [3.63, 3.8) is 0 Å². The van der Waals surface area contributed by atoms with Crippen LogP contribution < -0.4 is 11.1 Å². The maximum atomic E-state index is 12.1. The molecule has 0 spiro atoms. The molecule has 0 saturated carbocycles. The van der Waals surface area contributed by atoms with Gasteiger partial charge >= 0.3 is 0 Å². The fourth-order valence-corrected chi connectivity index (χ4v) is 3.21. The molecule has 3 rings (SSSR count). The normalized spacial score (nSPS) is 14.4. The van der Waals surface area contributed by atoms with E-state index in [1.165, 1.54) is 18.0 Å². The number of likely N-dealkylation sites (tertiary alicyclic amines) is 1. The van der Waals surface area contributed by atoms with Crippen LogP contribution in [0, 0.1) is 0 Å². The average Bonchev–Trinajstić information content (AvgIpc) is 3.09. The molecule has 24 heavy (non-hydrogen) atoms. The Hall–Kier alpha value is -2.48. The predicted octanol–water partition coefficient (Wildman–Crippen LogP) is 1.73. The summed E-state index contributed by atoms with van der Waals surface area (Å²) in [6.45, 7) is 1.89. The molecule has 0 aliphatic carbocycles. The second kappa shape index (κ2) is 7.39. The van der Waals surface area contributed by atoms with Crippen LogP contribution in [0.5, 0.6) is 0 Å². The number of rotatable bonds is 5. The second-order valence-corrected chi connectivity index (χ2v) is 6.42. The third-order valence-electron chi connectivity index (χ3n) is 3.93. The topological polar surface area (TPSA) is 101 Å². The van der Waals surface area contributed by atoms with Gasteiger partial charge in [-0.05, 0) is 31.4 Å². The van der Waals surface area contributed by atoms with Crippen LogP contribution in [0.25, 0.3) is 11.4 Å². The number of primary amides is 1. The number of aromatic nitrogens is 2. The van der Waals surface area contributed by atoms with Crippen LogP contribution in [0.4, 0.5) is 5.13 Å².